The van der Waals surface area contributed by atoms with Gasteiger partial charge in [0.05, 0.1) is 24.2 Å². The summed E-state index contributed by atoms with van der Waals surface area (Å²) in [4.78, 5) is 2.49. The Morgan fingerprint density at radius 1 is 1.59 bits per heavy atom. The van der Waals surface area contributed by atoms with Gasteiger partial charge in [0.1, 0.15) is 0 Å². The van der Waals surface area contributed by atoms with Crippen LogP contribution in [0.4, 0.5) is 0 Å². The maximum Gasteiger partial charge on any atom is 0.0771 e. The molecule has 1 saturated heterocycles. The van der Waals surface area contributed by atoms with Gasteiger partial charge in [-0.3, -0.25) is 9.58 Å². The molecule has 17 heavy (non-hydrogen) atoms. The van der Waals surface area contributed by atoms with E-state index in [0.29, 0.717) is 18.5 Å². The lowest BCUT2D eigenvalue weighted by Crippen LogP contribution is -2.41. The van der Waals surface area contributed by atoms with Crippen molar-refractivity contribution < 1.29 is 0 Å². The minimum absolute atomic E-state index is 0.435. The molecule has 2 heterocycles. The number of rotatable bonds is 3. The van der Waals surface area contributed by atoms with Crippen LogP contribution in [0.25, 0.3) is 0 Å². The van der Waals surface area contributed by atoms with Gasteiger partial charge >= 0.3 is 0 Å². The molecule has 2 rings (SSSR count). The molecule has 1 aromatic heterocycles. The van der Waals surface area contributed by atoms with Crippen LogP contribution in [0, 0.1) is 11.3 Å². The van der Waals surface area contributed by atoms with Crippen LogP contribution in [0.3, 0.4) is 0 Å². The van der Waals surface area contributed by atoms with Crippen molar-refractivity contribution in [3.8, 4) is 6.07 Å². The van der Waals surface area contributed by atoms with Gasteiger partial charge < -0.3 is 0 Å². The first-order valence-electron chi connectivity index (χ1n) is 6.35. The monoisotopic (exact) mass is 232 g/mol. The second kappa shape index (κ2) is 5.33. The zero-order valence-electron chi connectivity index (χ0n) is 10.6. The lowest BCUT2D eigenvalue weighted by Gasteiger charge is -2.35. The molecule has 1 fully saturated rings. The first kappa shape index (κ1) is 12.1. The number of nitriles is 1. The van der Waals surface area contributed by atoms with E-state index >= 15 is 0 Å². The summed E-state index contributed by atoms with van der Waals surface area (Å²) >= 11 is 0. The second-order valence-electron chi connectivity index (χ2n) is 4.99. The van der Waals surface area contributed by atoms with Crippen molar-refractivity contribution in [2.45, 2.75) is 45.2 Å². The van der Waals surface area contributed by atoms with E-state index in [1.54, 1.807) is 6.20 Å². The minimum Gasteiger partial charge on any atom is -0.299 e. The lowest BCUT2D eigenvalue weighted by atomic mass is 10.0. The number of hydrogen-bond acceptors (Lipinski definition) is 3. The summed E-state index contributed by atoms with van der Waals surface area (Å²) in [5, 5.41) is 13.2. The molecule has 4 heteroatoms. The molecule has 0 spiro atoms. The van der Waals surface area contributed by atoms with Gasteiger partial charge in [0, 0.05) is 18.8 Å². The zero-order chi connectivity index (χ0) is 12.3. The van der Waals surface area contributed by atoms with Crippen LogP contribution in [-0.4, -0.2) is 33.8 Å². The van der Waals surface area contributed by atoms with Crippen LogP contribution in [0.15, 0.2) is 12.3 Å². The molecule has 1 unspecified atom stereocenters. The molecule has 0 aliphatic carbocycles. The van der Waals surface area contributed by atoms with Crippen molar-refractivity contribution in [3.63, 3.8) is 0 Å². The van der Waals surface area contributed by atoms with Crippen molar-refractivity contribution >= 4 is 0 Å². The van der Waals surface area contributed by atoms with Crippen LogP contribution in [0.2, 0.25) is 0 Å². The Kier molecular flexibility index (Phi) is 3.80. The van der Waals surface area contributed by atoms with Crippen molar-refractivity contribution in [2.75, 3.05) is 13.1 Å². The highest BCUT2D eigenvalue weighted by molar-refractivity contribution is 5.08. The van der Waals surface area contributed by atoms with Crippen molar-refractivity contribution in [1.29, 1.82) is 5.26 Å². The van der Waals surface area contributed by atoms with Crippen molar-refractivity contribution in [1.82, 2.24) is 14.7 Å². The predicted octanol–water partition coefficient (Wildman–Crippen LogP) is 1.99. The molecule has 0 radical (unpaired) electrons. The SMILES string of the molecule is CC(C)N1CCCC(n2nccc2CC#N)C1. The third kappa shape index (κ3) is 2.67. The largest absolute Gasteiger partial charge is 0.299 e. The molecule has 4 nitrogen and oxygen atoms in total. The zero-order valence-corrected chi connectivity index (χ0v) is 10.6. The first-order valence-corrected chi connectivity index (χ1v) is 6.35. The molecule has 0 bridgehead atoms. The standard InChI is InChI=1S/C13H20N4/c1-11(2)16-9-3-4-13(10-16)17-12(5-7-14)6-8-15-17/h6,8,11,13H,3-5,9-10H2,1-2H3. The molecular weight excluding hydrogens is 212 g/mol. The number of likely N-dealkylation sites (tertiary alicyclic amines) is 1. The third-order valence-corrected chi connectivity index (χ3v) is 3.52. The van der Waals surface area contributed by atoms with Gasteiger partial charge in [0.2, 0.25) is 0 Å². The summed E-state index contributed by atoms with van der Waals surface area (Å²) in [6.07, 6.45) is 4.65. The maximum atomic E-state index is 8.80. The van der Waals surface area contributed by atoms with E-state index in [4.69, 9.17) is 5.26 Å². The predicted molar refractivity (Wildman–Crippen MR) is 66.5 cm³/mol. The van der Waals surface area contributed by atoms with Gasteiger partial charge in [-0.15, -0.1) is 0 Å². The number of piperidine rings is 1. The van der Waals surface area contributed by atoms with Gasteiger partial charge in [-0.05, 0) is 39.3 Å². The Hall–Kier alpha value is -1.34. The van der Waals surface area contributed by atoms with E-state index in [1.807, 2.05) is 6.07 Å². The smallest absolute Gasteiger partial charge is 0.0771 e. The second-order valence-corrected chi connectivity index (χ2v) is 4.99. The average molecular weight is 232 g/mol. The molecule has 1 aliphatic heterocycles. The molecular formula is C13H20N4. The van der Waals surface area contributed by atoms with Gasteiger partial charge in [0.25, 0.3) is 0 Å². The summed E-state index contributed by atoms with van der Waals surface area (Å²) in [6, 6.07) is 5.19. The Morgan fingerprint density at radius 3 is 3.12 bits per heavy atom. The molecule has 0 N–H and O–H groups in total. The minimum atomic E-state index is 0.435. The normalized spacial score (nSPS) is 21.6. The number of hydrogen-bond donors (Lipinski definition) is 0. The summed E-state index contributed by atoms with van der Waals surface area (Å²) in [7, 11) is 0. The fourth-order valence-corrected chi connectivity index (χ4v) is 2.54. The topological polar surface area (TPSA) is 44.9 Å². The Balaban J connectivity index is 2.11. The fraction of sp³-hybridized carbons (Fsp3) is 0.692. The van der Waals surface area contributed by atoms with E-state index in [2.05, 4.69) is 34.6 Å². The van der Waals surface area contributed by atoms with Gasteiger partial charge in [-0.1, -0.05) is 0 Å². The quantitative estimate of drug-likeness (QED) is 0.800. The van der Waals surface area contributed by atoms with Crippen LogP contribution in [-0.2, 0) is 6.42 Å². The van der Waals surface area contributed by atoms with Crippen LogP contribution in [0.1, 0.15) is 38.4 Å². The number of aromatic nitrogens is 2. The summed E-state index contributed by atoms with van der Waals surface area (Å²) in [6.45, 7) is 6.71. The molecule has 1 aliphatic rings. The summed E-state index contributed by atoms with van der Waals surface area (Å²) in [5.74, 6) is 0. The van der Waals surface area contributed by atoms with Gasteiger partial charge in [-0.2, -0.15) is 10.4 Å². The highest BCUT2D eigenvalue weighted by Crippen LogP contribution is 2.23. The Morgan fingerprint density at radius 2 is 2.41 bits per heavy atom. The van der Waals surface area contributed by atoms with E-state index in [1.165, 1.54) is 19.4 Å². The number of nitrogens with zero attached hydrogens (tertiary/aromatic N) is 4. The van der Waals surface area contributed by atoms with Crippen LogP contribution < -0.4 is 0 Å². The third-order valence-electron chi connectivity index (χ3n) is 3.52. The molecule has 0 amide bonds. The molecule has 92 valence electrons. The first-order chi connectivity index (χ1) is 8.22. The molecule has 1 aromatic rings. The lowest BCUT2D eigenvalue weighted by molar-refractivity contribution is 0.136. The van der Waals surface area contributed by atoms with E-state index < -0.39 is 0 Å². The maximum absolute atomic E-state index is 8.80. The summed E-state index contributed by atoms with van der Waals surface area (Å²) < 4.78 is 2.05. The van der Waals surface area contributed by atoms with Crippen LogP contribution >= 0.6 is 0 Å². The van der Waals surface area contributed by atoms with Gasteiger partial charge in [0.15, 0.2) is 0 Å². The van der Waals surface area contributed by atoms with E-state index in [-0.39, 0.29) is 0 Å². The Bertz CT molecular complexity index is 402. The molecule has 0 aromatic carbocycles. The van der Waals surface area contributed by atoms with E-state index in [0.717, 1.165) is 12.2 Å². The highest BCUT2D eigenvalue weighted by atomic mass is 15.3. The average Bonchev–Trinajstić information content (AvgIpc) is 2.78. The van der Waals surface area contributed by atoms with E-state index in [9.17, 15) is 0 Å². The van der Waals surface area contributed by atoms with Crippen LogP contribution in [0.5, 0.6) is 0 Å². The molecule has 1 atom stereocenters. The van der Waals surface area contributed by atoms with Crippen molar-refractivity contribution in [2.24, 2.45) is 0 Å². The fourth-order valence-electron chi connectivity index (χ4n) is 2.54. The van der Waals surface area contributed by atoms with Crippen molar-refractivity contribution in [3.05, 3.63) is 18.0 Å². The highest BCUT2D eigenvalue weighted by Gasteiger charge is 2.24. The summed E-state index contributed by atoms with van der Waals surface area (Å²) in [5.41, 5.74) is 1.04. The van der Waals surface area contributed by atoms with Gasteiger partial charge in [-0.25, -0.2) is 0 Å². The Labute approximate surface area is 103 Å². The molecule has 0 saturated carbocycles.